The average Bonchev–Trinajstić information content (AvgIpc) is 2.81. The number of sulfonamides is 1. The van der Waals surface area contributed by atoms with Gasteiger partial charge in [0.15, 0.2) is 0 Å². The molecule has 0 radical (unpaired) electrons. The van der Waals surface area contributed by atoms with E-state index in [0.717, 1.165) is 19.3 Å². The van der Waals surface area contributed by atoms with E-state index in [1.54, 1.807) is 37.3 Å². The van der Waals surface area contributed by atoms with Crippen molar-refractivity contribution < 1.29 is 8.42 Å². The average molecular weight is 451 g/mol. The van der Waals surface area contributed by atoms with E-state index in [1.165, 1.54) is 21.1 Å². The molecule has 2 aromatic heterocycles. The number of benzene rings is 2. The number of H-pyrrole nitrogens is 1. The quantitative estimate of drug-likeness (QED) is 0.483. The zero-order valence-electron chi connectivity index (χ0n) is 17.5. The molecule has 1 N–H and O–H groups in total. The number of aromatic nitrogens is 3. The van der Waals surface area contributed by atoms with E-state index in [2.05, 4.69) is 10.1 Å². The maximum Gasteiger partial charge on any atom is 0.278 e. The Hall–Kier alpha value is -3.30. The van der Waals surface area contributed by atoms with Crippen LogP contribution in [0.1, 0.15) is 25.0 Å². The molecule has 1 saturated heterocycles. The molecule has 2 aromatic carbocycles. The fourth-order valence-corrected chi connectivity index (χ4v) is 5.90. The van der Waals surface area contributed by atoms with Crippen LogP contribution in [0.3, 0.4) is 0 Å². The normalized spacial score (nSPS) is 15.4. The number of aromatic amines is 1. The summed E-state index contributed by atoms with van der Waals surface area (Å²) in [6, 6.07) is 13.4. The summed E-state index contributed by atoms with van der Waals surface area (Å²) in [5.74, 6) is 0. The van der Waals surface area contributed by atoms with Crippen LogP contribution in [-0.2, 0) is 10.0 Å². The lowest BCUT2D eigenvalue weighted by Gasteiger charge is -2.26. The number of hydrogen-bond acceptors (Lipinski definition) is 5. The number of nitrogens with one attached hydrogen (secondary N) is 1. The third kappa shape index (κ3) is 3.25. The summed E-state index contributed by atoms with van der Waals surface area (Å²) in [7, 11) is -3.71. The molecule has 32 heavy (non-hydrogen) atoms. The highest BCUT2D eigenvalue weighted by Crippen LogP contribution is 2.27. The first kappa shape index (κ1) is 20.6. The van der Waals surface area contributed by atoms with Crippen molar-refractivity contribution in [2.75, 3.05) is 13.1 Å². The fourth-order valence-electron chi connectivity index (χ4n) is 4.36. The second-order valence-electron chi connectivity index (χ2n) is 8.01. The van der Waals surface area contributed by atoms with Gasteiger partial charge >= 0.3 is 0 Å². The monoisotopic (exact) mass is 450 g/mol. The maximum atomic E-state index is 13.5. The molecule has 0 spiro atoms. The van der Waals surface area contributed by atoms with Crippen LogP contribution in [0.5, 0.6) is 0 Å². The Balaban J connectivity index is 1.83. The number of hydrogen-bond donors (Lipinski definition) is 1. The maximum absolute atomic E-state index is 13.5. The minimum Gasteiger partial charge on any atom is -0.267 e. The van der Waals surface area contributed by atoms with Gasteiger partial charge in [-0.05, 0) is 50.1 Å². The van der Waals surface area contributed by atoms with Crippen LogP contribution in [0.2, 0.25) is 0 Å². The molecule has 1 aliphatic heterocycles. The van der Waals surface area contributed by atoms with Crippen molar-refractivity contribution in [3.8, 4) is 5.69 Å². The number of nitrogens with zero attached hydrogens (tertiary/aromatic N) is 3. The molecule has 1 aliphatic rings. The van der Waals surface area contributed by atoms with Crippen molar-refractivity contribution in [1.29, 1.82) is 0 Å². The van der Waals surface area contributed by atoms with Crippen molar-refractivity contribution in [1.82, 2.24) is 19.1 Å². The number of para-hydroxylation sites is 1. The second-order valence-corrected chi connectivity index (χ2v) is 9.95. The van der Waals surface area contributed by atoms with Gasteiger partial charge in [-0.2, -0.15) is 4.31 Å². The number of rotatable bonds is 3. The third-order valence-corrected chi connectivity index (χ3v) is 7.86. The molecule has 0 amide bonds. The lowest BCUT2D eigenvalue weighted by atomic mass is 10.1. The molecule has 1 fully saturated rings. The summed E-state index contributed by atoms with van der Waals surface area (Å²) < 4.78 is 29.1. The first-order valence-electron chi connectivity index (χ1n) is 10.5. The summed E-state index contributed by atoms with van der Waals surface area (Å²) in [5.41, 5.74) is 0.497. The van der Waals surface area contributed by atoms with E-state index in [-0.39, 0.29) is 15.7 Å². The molecule has 3 heterocycles. The topological polar surface area (TPSA) is 105 Å². The zero-order valence-corrected chi connectivity index (χ0v) is 18.4. The third-order valence-electron chi connectivity index (χ3n) is 5.96. The number of fused-ring (bicyclic) bond motifs is 3. The van der Waals surface area contributed by atoms with E-state index in [0.29, 0.717) is 35.4 Å². The van der Waals surface area contributed by atoms with Gasteiger partial charge in [-0.3, -0.25) is 19.7 Å². The Morgan fingerprint density at radius 1 is 0.938 bits per heavy atom. The predicted molar refractivity (Wildman–Crippen MR) is 123 cm³/mol. The van der Waals surface area contributed by atoms with Crippen LogP contribution in [0.15, 0.2) is 63.0 Å². The molecule has 164 valence electrons. The van der Waals surface area contributed by atoms with E-state index < -0.39 is 21.1 Å². The largest absolute Gasteiger partial charge is 0.278 e. The highest BCUT2D eigenvalue weighted by molar-refractivity contribution is 7.89. The molecular weight excluding hydrogens is 428 g/mol. The minimum absolute atomic E-state index is 0.102. The zero-order chi connectivity index (χ0) is 22.5. The van der Waals surface area contributed by atoms with Gasteiger partial charge < -0.3 is 0 Å². The van der Waals surface area contributed by atoms with Gasteiger partial charge in [0.2, 0.25) is 10.0 Å². The first-order chi connectivity index (χ1) is 15.4. The van der Waals surface area contributed by atoms with Crippen LogP contribution in [0, 0.1) is 6.92 Å². The van der Waals surface area contributed by atoms with Crippen molar-refractivity contribution >= 4 is 31.7 Å². The van der Waals surface area contributed by atoms with Crippen LogP contribution in [-0.4, -0.2) is 40.6 Å². The Morgan fingerprint density at radius 2 is 1.66 bits per heavy atom. The Morgan fingerprint density at radius 3 is 2.38 bits per heavy atom. The Labute approximate surface area is 184 Å². The van der Waals surface area contributed by atoms with E-state index >= 15 is 0 Å². The summed E-state index contributed by atoms with van der Waals surface area (Å²) in [6.07, 6.45) is 2.67. The summed E-state index contributed by atoms with van der Waals surface area (Å²) >= 11 is 0. The van der Waals surface area contributed by atoms with Crippen LogP contribution < -0.4 is 11.1 Å². The van der Waals surface area contributed by atoms with Crippen molar-refractivity contribution in [3.63, 3.8) is 0 Å². The number of aryl methyl sites for hydroxylation is 1. The molecule has 0 bridgehead atoms. The summed E-state index contributed by atoms with van der Waals surface area (Å²) in [6.45, 7) is 2.63. The van der Waals surface area contributed by atoms with Crippen molar-refractivity contribution in [3.05, 3.63) is 74.9 Å². The number of pyridine rings is 1. The lowest BCUT2D eigenvalue weighted by Crippen LogP contribution is -2.35. The molecule has 8 nitrogen and oxygen atoms in total. The molecule has 5 rings (SSSR count). The molecular formula is C23H22N4O4S. The van der Waals surface area contributed by atoms with E-state index in [4.69, 9.17) is 0 Å². The number of piperidine rings is 1. The van der Waals surface area contributed by atoms with Gasteiger partial charge in [-0.1, -0.05) is 24.6 Å². The van der Waals surface area contributed by atoms with Gasteiger partial charge in [-0.15, -0.1) is 0 Å². The fraction of sp³-hybridized carbons (Fsp3) is 0.261. The smallest absolute Gasteiger partial charge is 0.267 e. The van der Waals surface area contributed by atoms with Crippen LogP contribution in [0.25, 0.3) is 27.4 Å². The van der Waals surface area contributed by atoms with Crippen LogP contribution >= 0.6 is 0 Å². The van der Waals surface area contributed by atoms with Gasteiger partial charge in [0, 0.05) is 18.5 Å². The first-order valence-corrected chi connectivity index (χ1v) is 12.0. The molecule has 9 heteroatoms. The molecule has 0 aliphatic carbocycles. The highest BCUT2D eigenvalue weighted by atomic mass is 32.2. The van der Waals surface area contributed by atoms with Gasteiger partial charge in [0.05, 0.1) is 32.6 Å². The molecule has 0 saturated carbocycles. The Bertz CT molecular complexity index is 1570. The van der Waals surface area contributed by atoms with Gasteiger partial charge in [-0.25, -0.2) is 13.1 Å². The van der Waals surface area contributed by atoms with Crippen LogP contribution in [0.4, 0.5) is 0 Å². The van der Waals surface area contributed by atoms with Crippen molar-refractivity contribution in [2.45, 2.75) is 31.1 Å². The van der Waals surface area contributed by atoms with Gasteiger partial charge in [0.25, 0.3) is 11.1 Å². The summed E-state index contributed by atoms with van der Waals surface area (Å²) in [4.78, 5) is 31.0. The van der Waals surface area contributed by atoms with Gasteiger partial charge in [0.1, 0.15) is 0 Å². The SMILES string of the molecule is Cc1nc2ccc(S(=O)(=O)N3CCCCC3)cc2c2c(=O)n(-c3ccccc3)[nH]c(=O)c12. The minimum atomic E-state index is -3.71. The molecule has 4 aromatic rings. The molecule has 0 atom stereocenters. The summed E-state index contributed by atoms with van der Waals surface area (Å²) in [5, 5.41) is 3.30. The highest BCUT2D eigenvalue weighted by Gasteiger charge is 2.27. The lowest BCUT2D eigenvalue weighted by molar-refractivity contribution is 0.346. The standard InChI is InChI=1S/C23H22N4O4S/c1-15-20-21(23(29)27(25-22(20)28)16-8-4-2-5-9-16)18-14-17(10-11-19(18)24-15)32(30,31)26-12-6-3-7-13-26/h2,4-5,8-11,14H,3,6-7,12-13H2,1H3,(H,25,28). The van der Waals surface area contributed by atoms with E-state index in [1.807, 2.05) is 6.07 Å². The molecule has 0 unspecified atom stereocenters. The second kappa shape index (κ2) is 7.68. The van der Waals surface area contributed by atoms with Crippen molar-refractivity contribution in [2.24, 2.45) is 0 Å². The van der Waals surface area contributed by atoms with E-state index in [9.17, 15) is 18.0 Å². The predicted octanol–water partition coefficient (Wildman–Crippen LogP) is 2.71. The Kier molecular flexibility index (Phi) is 4.94.